The number of carbonyl (C=O) groups is 4. The number of carbonyl (C=O) groups excluding carboxylic acids is 4. The summed E-state index contributed by atoms with van der Waals surface area (Å²) in [6.07, 6.45) is 0. The lowest BCUT2D eigenvalue weighted by Crippen LogP contribution is -2.43. The van der Waals surface area contributed by atoms with E-state index in [9.17, 15) is 19.2 Å². The zero-order valence-electron chi connectivity index (χ0n) is 13.9. The maximum atomic E-state index is 12.1. The second kappa shape index (κ2) is 7.75. The predicted octanol–water partition coefficient (Wildman–Crippen LogP) is 1.51. The molecule has 0 aliphatic rings. The van der Waals surface area contributed by atoms with Crippen molar-refractivity contribution in [3.63, 3.8) is 0 Å². The summed E-state index contributed by atoms with van der Waals surface area (Å²) in [5.41, 5.74) is 5.96. The highest BCUT2D eigenvalue weighted by atomic mass is 32.1. The molecule has 2 heterocycles. The fraction of sp³-hybridized carbons (Fsp3) is 0.250. The molecule has 2 amide bonds. The number of esters is 1. The summed E-state index contributed by atoms with van der Waals surface area (Å²) in [4.78, 5) is 50.2. The lowest BCUT2D eigenvalue weighted by Gasteiger charge is -2.07. The van der Waals surface area contributed by atoms with Crippen molar-refractivity contribution >= 4 is 34.9 Å². The van der Waals surface area contributed by atoms with Gasteiger partial charge in [0.25, 0.3) is 11.8 Å². The maximum absolute atomic E-state index is 12.1. The van der Waals surface area contributed by atoms with E-state index in [-0.39, 0.29) is 11.5 Å². The average molecular weight is 363 g/mol. The van der Waals surface area contributed by atoms with Crippen LogP contribution in [0.1, 0.15) is 48.7 Å². The van der Waals surface area contributed by atoms with Gasteiger partial charge in [0.1, 0.15) is 5.69 Å². The summed E-state index contributed by atoms with van der Waals surface area (Å²) >= 11 is 1.23. The van der Waals surface area contributed by atoms with E-state index in [2.05, 4.69) is 15.8 Å². The predicted molar refractivity (Wildman–Crippen MR) is 90.5 cm³/mol. The monoisotopic (exact) mass is 363 g/mol. The van der Waals surface area contributed by atoms with Gasteiger partial charge in [-0.1, -0.05) is 6.07 Å². The lowest BCUT2D eigenvalue weighted by atomic mass is 10.1. The maximum Gasteiger partial charge on any atom is 0.355 e. The van der Waals surface area contributed by atoms with E-state index in [1.54, 1.807) is 31.4 Å². The molecule has 0 saturated carbocycles. The van der Waals surface area contributed by atoms with Crippen LogP contribution in [0.2, 0.25) is 0 Å². The van der Waals surface area contributed by atoms with E-state index < -0.39 is 24.4 Å². The number of hydrogen-bond donors (Lipinski definition) is 3. The molecule has 0 bridgehead atoms. The molecule has 0 spiro atoms. The van der Waals surface area contributed by atoms with Gasteiger partial charge in [-0.15, -0.1) is 11.3 Å². The van der Waals surface area contributed by atoms with Gasteiger partial charge in [-0.05, 0) is 37.8 Å². The molecule has 0 radical (unpaired) electrons. The molecule has 0 atom stereocenters. The Labute approximate surface area is 147 Å². The fourth-order valence-electron chi connectivity index (χ4n) is 2.32. The van der Waals surface area contributed by atoms with Gasteiger partial charge < -0.3 is 9.72 Å². The number of thiophene rings is 1. The number of Topliss-reactive ketones (excluding diaryl/α,β-unsaturated/α-hetero) is 1. The van der Waals surface area contributed by atoms with Crippen LogP contribution in [-0.4, -0.2) is 35.2 Å². The standard InChI is InChI=1S/C16H17N3O5S/c1-8-13(10(3)20)9(2)17-14(8)16(23)24-7-12(21)18-19-15(22)11-5-4-6-25-11/h4-6,17H,7H2,1-3H3,(H,18,21)(H,19,22). The van der Waals surface area contributed by atoms with Crippen molar-refractivity contribution in [1.29, 1.82) is 0 Å². The molecule has 0 aliphatic carbocycles. The Morgan fingerprint density at radius 3 is 2.48 bits per heavy atom. The zero-order valence-corrected chi connectivity index (χ0v) is 14.7. The van der Waals surface area contributed by atoms with Crippen molar-refractivity contribution in [2.45, 2.75) is 20.8 Å². The van der Waals surface area contributed by atoms with Gasteiger partial charge in [0.15, 0.2) is 12.4 Å². The van der Waals surface area contributed by atoms with E-state index in [1.165, 1.54) is 18.3 Å². The van der Waals surface area contributed by atoms with Crippen molar-refractivity contribution in [3.8, 4) is 0 Å². The molecule has 2 aromatic rings. The van der Waals surface area contributed by atoms with Gasteiger partial charge in [-0.25, -0.2) is 4.79 Å². The van der Waals surface area contributed by atoms with Crippen LogP contribution in [0.3, 0.4) is 0 Å². The molecule has 132 valence electrons. The minimum atomic E-state index is -0.757. The van der Waals surface area contributed by atoms with Crippen LogP contribution in [0.5, 0.6) is 0 Å². The third-order valence-corrected chi connectivity index (χ3v) is 4.26. The number of hydrogen-bond acceptors (Lipinski definition) is 6. The second-order valence-electron chi connectivity index (χ2n) is 5.24. The molecule has 2 rings (SSSR count). The van der Waals surface area contributed by atoms with Crippen LogP contribution in [0.4, 0.5) is 0 Å². The minimum absolute atomic E-state index is 0.123. The van der Waals surface area contributed by atoms with E-state index in [0.29, 0.717) is 21.7 Å². The van der Waals surface area contributed by atoms with Crippen LogP contribution in [0, 0.1) is 13.8 Å². The number of aromatic amines is 1. The fourth-order valence-corrected chi connectivity index (χ4v) is 2.94. The Hall–Kier alpha value is -2.94. The third-order valence-electron chi connectivity index (χ3n) is 3.39. The summed E-state index contributed by atoms with van der Waals surface area (Å²) in [5, 5.41) is 1.73. The first-order valence-corrected chi connectivity index (χ1v) is 8.19. The molecular formula is C16H17N3O5S. The first-order valence-electron chi connectivity index (χ1n) is 7.31. The van der Waals surface area contributed by atoms with Gasteiger partial charge >= 0.3 is 5.97 Å². The smallest absolute Gasteiger partial charge is 0.355 e. The first kappa shape index (κ1) is 18.4. The Balaban J connectivity index is 1.87. The van der Waals surface area contributed by atoms with Crippen LogP contribution in [-0.2, 0) is 9.53 Å². The number of ether oxygens (including phenoxy) is 1. The number of ketones is 1. The molecule has 0 unspecified atom stereocenters. The number of H-pyrrole nitrogens is 1. The number of hydrazine groups is 1. The molecule has 0 aliphatic heterocycles. The van der Waals surface area contributed by atoms with Crippen LogP contribution >= 0.6 is 11.3 Å². The number of aryl methyl sites for hydroxylation is 1. The van der Waals surface area contributed by atoms with Gasteiger partial charge in [0.2, 0.25) is 0 Å². The number of aromatic nitrogens is 1. The first-order chi connectivity index (χ1) is 11.8. The highest BCUT2D eigenvalue weighted by Gasteiger charge is 2.21. The van der Waals surface area contributed by atoms with E-state index in [0.717, 1.165) is 0 Å². The Bertz CT molecular complexity index is 823. The van der Waals surface area contributed by atoms with Crippen molar-refractivity contribution in [1.82, 2.24) is 15.8 Å². The van der Waals surface area contributed by atoms with E-state index in [4.69, 9.17) is 4.74 Å². The summed E-state index contributed by atoms with van der Waals surface area (Å²) in [7, 11) is 0. The zero-order chi connectivity index (χ0) is 18.6. The van der Waals surface area contributed by atoms with Crippen molar-refractivity contribution < 1.29 is 23.9 Å². The van der Waals surface area contributed by atoms with E-state index >= 15 is 0 Å². The van der Waals surface area contributed by atoms with Crippen molar-refractivity contribution in [2.75, 3.05) is 6.61 Å². The number of nitrogens with one attached hydrogen (secondary N) is 3. The van der Waals surface area contributed by atoms with Crippen LogP contribution < -0.4 is 10.9 Å². The van der Waals surface area contributed by atoms with Crippen LogP contribution in [0.25, 0.3) is 0 Å². The Morgan fingerprint density at radius 1 is 1.20 bits per heavy atom. The largest absolute Gasteiger partial charge is 0.451 e. The topological polar surface area (TPSA) is 117 Å². The molecule has 3 N–H and O–H groups in total. The Morgan fingerprint density at radius 2 is 1.92 bits per heavy atom. The summed E-state index contributed by atoms with van der Waals surface area (Å²) in [5.74, 6) is -2.07. The van der Waals surface area contributed by atoms with Gasteiger partial charge in [0.05, 0.1) is 4.88 Å². The average Bonchev–Trinajstić information content (AvgIpc) is 3.18. The van der Waals surface area contributed by atoms with Gasteiger partial charge in [-0.3, -0.25) is 25.2 Å². The molecule has 25 heavy (non-hydrogen) atoms. The summed E-state index contributed by atoms with van der Waals surface area (Å²) in [6, 6.07) is 3.31. The van der Waals surface area contributed by atoms with E-state index in [1.807, 2.05) is 0 Å². The Kier molecular flexibility index (Phi) is 5.71. The second-order valence-corrected chi connectivity index (χ2v) is 6.18. The minimum Gasteiger partial charge on any atom is -0.451 e. The lowest BCUT2D eigenvalue weighted by molar-refractivity contribution is -0.125. The van der Waals surface area contributed by atoms with Gasteiger partial charge in [-0.2, -0.15) is 0 Å². The number of amides is 2. The summed E-state index contributed by atoms with van der Waals surface area (Å²) in [6.45, 7) is 4.13. The highest BCUT2D eigenvalue weighted by Crippen LogP contribution is 2.19. The molecular weight excluding hydrogens is 346 g/mol. The highest BCUT2D eigenvalue weighted by molar-refractivity contribution is 7.12. The van der Waals surface area contributed by atoms with Crippen molar-refractivity contribution in [3.05, 3.63) is 44.9 Å². The number of rotatable bonds is 5. The SMILES string of the molecule is CC(=O)c1c(C)[nH]c(C(=O)OCC(=O)NNC(=O)c2cccs2)c1C. The summed E-state index contributed by atoms with van der Waals surface area (Å²) < 4.78 is 4.90. The quantitative estimate of drug-likeness (QED) is 0.423. The van der Waals surface area contributed by atoms with Crippen molar-refractivity contribution in [2.24, 2.45) is 0 Å². The molecule has 9 heteroatoms. The van der Waals surface area contributed by atoms with Crippen LogP contribution in [0.15, 0.2) is 17.5 Å². The molecule has 0 fully saturated rings. The molecule has 8 nitrogen and oxygen atoms in total. The normalized spacial score (nSPS) is 10.2. The third kappa shape index (κ3) is 4.32. The molecule has 0 aromatic carbocycles. The molecule has 2 aromatic heterocycles. The molecule has 0 saturated heterocycles. The van der Waals surface area contributed by atoms with Gasteiger partial charge in [0, 0.05) is 11.3 Å².